The van der Waals surface area contributed by atoms with E-state index in [4.69, 9.17) is 0 Å². The number of pyridine rings is 1. The predicted octanol–water partition coefficient (Wildman–Crippen LogP) is 4.21. The number of ketones is 1. The van der Waals surface area contributed by atoms with Crippen LogP contribution in [0.4, 0.5) is 5.69 Å². The summed E-state index contributed by atoms with van der Waals surface area (Å²) >= 11 is 0. The van der Waals surface area contributed by atoms with Gasteiger partial charge in [0.1, 0.15) is 5.69 Å². The number of amides is 2. The number of benzene rings is 2. The van der Waals surface area contributed by atoms with Crippen molar-refractivity contribution in [2.75, 3.05) is 50.4 Å². The molecule has 4 heterocycles. The Morgan fingerprint density at radius 1 is 0.787 bits per heavy atom. The van der Waals surface area contributed by atoms with Crippen molar-refractivity contribution in [2.45, 2.75) is 56.0 Å². The van der Waals surface area contributed by atoms with E-state index in [1.807, 2.05) is 0 Å². The smallest absolute Gasteiger partial charge is 0.272 e. The Hall–Kier alpha value is -4.09. The van der Waals surface area contributed by atoms with Gasteiger partial charge in [0.15, 0.2) is 15.6 Å². The van der Waals surface area contributed by atoms with E-state index in [9.17, 15) is 22.8 Å². The molecule has 0 unspecified atom stereocenters. The second-order valence-electron chi connectivity index (χ2n) is 13.0. The summed E-state index contributed by atoms with van der Waals surface area (Å²) in [5.74, 6) is -0.686. The summed E-state index contributed by atoms with van der Waals surface area (Å²) in [6.45, 7) is 5.89. The number of carbonyl (C=O) groups excluding carboxylic acids is 3. The van der Waals surface area contributed by atoms with Crippen molar-refractivity contribution in [1.82, 2.24) is 20.1 Å². The molecule has 3 saturated heterocycles. The minimum atomic E-state index is -3.33. The fraction of sp³-hybridized carbons (Fsp3) is 0.444. The zero-order chi connectivity index (χ0) is 33.0. The average Bonchev–Trinajstić information content (AvgIpc) is 3.64. The Kier molecular flexibility index (Phi) is 10.0. The Bertz CT molecular complexity index is 1670. The first-order valence-electron chi connectivity index (χ1n) is 16.6. The molecule has 0 saturated carbocycles. The number of sulfone groups is 1. The first kappa shape index (κ1) is 32.8. The lowest BCUT2D eigenvalue weighted by atomic mass is 9.89. The average molecular weight is 658 g/mol. The van der Waals surface area contributed by atoms with E-state index in [2.05, 4.69) is 44.4 Å². The third-order valence-corrected chi connectivity index (χ3v) is 10.8. The molecular weight excluding hydrogens is 614 g/mol. The van der Waals surface area contributed by atoms with Gasteiger partial charge in [-0.2, -0.15) is 0 Å². The van der Waals surface area contributed by atoms with E-state index in [1.54, 1.807) is 29.2 Å². The van der Waals surface area contributed by atoms with E-state index in [1.165, 1.54) is 42.4 Å². The van der Waals surface area contributed by atoms with Crippen molar-refractivity contribution in [3.05, 3.63) is 89.2 Å². The van der Waals surface area contributed by atoms with Crippen molar-refractivity contribution in [3.63, 3.8) is 0 Å². The largest absolute Gasteiger partial charge is 0.372 e. The van der Waals surface area contributed by atoms with Crippen molar-refractivity contribution in [3.8, 4) is 0 Å². The zero-order valence-electron chi connectivity index (χ0n) is 26.9. The van der Waals surface area contributed by atoms with Crippen LogP contribution in [-0.2, 0) is 16.4 Å². The van der Waals surface area contributed by atoms with Gasteiger partial charge in [-0.25, -0.2) is 8.42 Å². The molecule has 2 aromatic carbocycles. The summed E-state index contributed by atoms with van der Waals surface area (Å²) in [6, 6.07) is 18.3. The molecular formula is C36H43N5O5S. The van der Waals surface area contributed by atoms with Crippen LogP contribution >= 0.6 is 0 Å². The topological polar surface area (TPSA) is 120 Å². The Morgan fingerprint density at radius 2 is 1.43 bits per heavy atom. The maximum absolute atomic E-state index is 13.1. The van der Waals surface area contributed by atoms with Crippen LogP contribution in [0.2, 0.25) is 0 Å². The third-order valence-electron chi connectivity index (χ3n) is 9.70. The maximum Gasteiger partial charge on any atom is 0.272 e. The number of hydrogen-bond donors (Lipinski definition) is 1. The van der Waals surface area contributed by atoms with Crippen molar-refractivity contribution >= 4 is 33.1 Å². The number of Topliss-reactive ketones (excluding diaryl/α,β-unsaturated/α-hetero) is 1. The molecule has 2 amide bonds. The first-order chi connectivity index (χ1) is 22.6. The van der Waals surface area contributed by atoms with Crippen molar-refractivity contribution in [2.24, 2.45) is 5.92 Å². The predicted molar refractivity (Wildman–Crippen MR) is 180 cm³/mol. The lowest BCUT2D eigenvalue weighted by Crippen LogP contribution is -2.44. The van der Waals surface area contributed by atoms with Crippen molar-refractivity contribution < 1.29 is 22.8 Å². The van der Waals surface area contributed by atoms with Gasteiger partial charge >= 0.3 is 0 Å². The molecule has 0 bridgehead atoms. The van der Waals surface area contributed by atoms with Gasteiger partial charge < -0.3 is 15.1 Å². The summed E-state index contributed by atoms with van der Waals surface area (Å²) in [5.41, 5.74) is 3.79. The van der Waals surface area contributed by atoms with Crippen LogP contribution in [0.3, 0.4) is 0 Å². The number of piperidine rings is 2. The molecule has 1 aromatic heterocycles. The summed E-state index contributed by atoms with van der Waals surface area (Å²) in [4.78, 5) is 50.1. The van der Waals surface area contributed by atoms with Gasteiger partial charge in [-0.1, -0.05) is 24.3 Å². The molecule has 3 fully saturated rings. The number of hydrogen-bond acceptors (Lipinski definition) is 8. The van der Waals surface area contributed by atoms with Crippen LogP contribution in [0.5, 0.6) is 0 Å². The summed E-state index contributed by atoms with van der Waals surface area (Å²) in [6.07, 6.45) is 7.94. The molecule has 0 spiro atoms. The van der Waals surface area contributed by atoms with Gasteiger partial charge in [0.25, 0.3) is 11.8 Å². The Balaban J connectivity index is 0.933. The normalized spacial score (nSPS) is 18.3. The first-order valence-corrected chi connectivity index (χ1v) is 18.5. The molecule has 6 rings (SSSR count). The van der Waals surface area contributed by atoms with E-state index in [0.29, 0.717) is 37.1 Å². The highest BCUT2D eigenvalue weighted by molar-refractivity contribution is 7.90. The fourth-order valence-electron chi connectivity index (χ4n) is 6.81. The molecule has 3 aromatic rings. The summed E-state index contributed by atoms with van der Waals surface area (Å²) in [7, 11) is -3.33. The molecule has 3 aliphatic rings. The molecule has 0 radical (unpaired) electrons. The van der Waals surface area contributed by atoms with Gasteiger partial charge in [0.05, 0.1) is 10.5 Å². The highest BCUT2D eigenvalue weighted by Gasteiger charge is 2.29. The van der Waals surface area contributed by atoms with Gasteiger partial charge in [-0.3, -0.25) is 24.3 Å². The van der Waals surface area contributed by atoms with E-state index < -0.39 is 9.84 Å². The van der Waals surface area contributed by atoms with Gasteiger partial charge in [0.2, 0.25) is 0 Å². The van der Waals surface area contributed by atoms with Crippen LogP contribution in [0, 0.1) is 5.92 Å². The second-order valence-corrected chi connectivity index (χ2v) is 15.1. The highest BCUT2D eigenvalue weighted by Crippen LogP contribution is 2.25. The quantitative estimate of drug-likeness (QED) is 0.340. The molecule has 248 valence electrons. The molecule has 0 atom stereocenters. The Morgan fingerprint density at radius 3 is 2.02 bits per heavy atom. The summed E-state index contributed by atoms with van der Waals surface area (Å²) in [5, 5.41) is 3.14. The number of likely N-dealkylation sites (tertiary alicyclic amines) is 2. The molecule has 11 heteroatoms. The minimum Gasteiger partial charge on any atom is -0.372 e. The molecule has 1 N–H and O–H groups in total. The Labute approximate surface area is 277 Å². The van der Waals surface area contributed by atoms with E-state index in [0.717, 1.165) is 51.8 Å². The number of anilines is 1. The lowest BCUT2D eigenvalue weighted by Gasteiger charge is -2.32. The van der Waals surface area contributed by atoms with E-state index >= 15 is 0 Å². The SMILES string of the molecule is CS(=O)(=O)c1ccc(C(=O)C2CCN(C(=O)c3ccc(C(=O)NC4CCN(Cc5ccc(N6CCCC6)cc5)CC4)cn3)CC2)cc1. The van der Waals surface area contributed by atoms with Crippen molar-refractivity contribution in [1.29, 1.82) is 0 Å². The van der Waals surface area contributed by atoms with Gasteiger partial charge in [0, 0.05) is 81.5 Å². The minimum absolute atomic E-state index is 0.0427. The second kappa shape index (κ2) is 14.4. The highest BCUT2D eigenvalue weighted by atomic mass is 32.2. The third kappa shape index (κ3) is 8.08. The monoisotopic (exact) mass is 657 g/mol. The zero-order valence-corrected chi connectivity index (χ0v) is 27.8. The van der Waals surface area contributed by atoms with Crippen LogP contribution in [0.1, 0.15) is 75.3 Å². The standard InChI is InChI=1S/C36H43N5O5S/c1-47(45,46)32-11-6-27(7-12-32)34(42)28-14-22-41(23-15-28)36(44)33-13-8-29(24-37-33)35(43)38-30-16-20-39(21-17-30)25-26-4-9-31(10-5-26)40-18-2-3-19-40/h4-13,24,28,30H,2-3,14-23,25H2,1H3,(H,38,43). The lowest BCUT2D eigenvalue weighted by molar-refractivity contribution is 0.0645. The summed E-state index contributed by atoms with van der Waals surface area (Å²) < 4.78 is 23.4. The van der Waals surface area contributed by atoms with E-state index in [-0.39, 0.29) is 40.1 Å². The number of rotatable bonds is 9. The number of carbonyl (C=O) groups is 3. The maximum atomic E-state index is 13.1. The van der Waals surface area contributed by atoms with Crippen LogP contribution in [0.25, 0.3) is 0 Å². The molecule has 10 nitrogen and oxygen atoms in total. The van der Waals surface area contributed by atoms with Gasteiger partial charge in [-0.05, 0) is 80.5 Å². The molecule has 3 aliphatic heterocycles. The van der Waals surface area contributed by atoms with Crippen LogP contribution in [0.15, 0.2) is 71.8 Å². The number of nitrogens with zero attached hydrogens (tertiary/aromatic N) is 4. The number of aromatic nitrogens is 1. The molecule has 47 heavy (non-hydrogen) atoms. The van der Waals surface area contributed by atoms with Crippen LogP contribution in [-0.4, -0.2) is 92.4 Å². The van der Waals surface area contributed by atoms with Crippen LogP contribution < -0.4 is 10.2 Å². The molecule has 0 aliphatic carbocycles. The fourth-order valence-corrected chi connectivity index (χ4v) is 7.44. The van der Waals surface area contributed by atoms with Gasteiger partial charge in [-0.15, -0.1) is 0 Å². The number of nitrogens with one attached hydrogen (secondary N) is 1.